The fourth-order valence-electron chi connectivity index (χ4n) is 6.49. The molecule has 0 aliphatic heterocycles. The van der Waals surface area contributed by atoms with Crippen LogP contribution in [0.25, 0.3) is 0 Å². The number of hydrogen-bond donors (Lipinski definition) is 4. The second-order valence-corrected chi connectivity index (χ2v) is 17.0. The molecule has 0 radical (unpaired) electrons. The number of phosphoric ester groups is 1. The van der Waals surface area contributed by atoms with Gasteiger partial charge in [0.15, 0.2) is 6.04 Å². The summed E-state index contributed by atoms with van der Waals surface area (Å²) in [6, 6.07) is -1.55. The Kier molecular flexibility index (Phi) is 38.7. The second kappa shape index (κ2) is 40.0. The number of carbonyl (C=O) groups excluding carboxylic acids is 2. The SMILES string of the molecule is CCCCCC/C=C\CCCCCCCC(=O)NC(COP(=O)(O)OCC(O)COC(=O)CCCCCCCCCCCCCCCCCCCCC)C(=O)O. The molecule has 0 rings (SSSR count). The van der Waals surface area contributed by atoms with Gasteiger partial charge >= 0.3 is 19.8 Å². The fraction of sp³-hybridized carbons (Fsp3) is 0.886. The van der Waals surface area contributed by atoms with Gasteiger partial charge in [-0.15, -0.1) is 0 Å². The van der Waals surface area contributed by atoms with Crippen LogP contribution in [0.15, 0.2) is 12.2 Å². The van der Waals surface area contributed by atoms with Crippen molar-refractivity contribution >= 4 is 25.7 Å². The summed E-state index contributed by atoms with van der Waals surface area (Å²) in [6.45, 7) is 2.59. The van der Waals surface area contributed by atoms with Crippen LogP contribution in [-0.2, 0) is 32.7 Å². The number of carboxylic acid groups (broad SMARTS) is 1. The molecule has 0 spiro atoms. The lowest BCUT2D eigenvalue weighted by Crippen LogP contribution is -2.43. The van der Waals surface area contributed by atoms with Crippen molar-refractivity contribution in [3.05, 3.63) is 12.2 Å². The van der Waals surface area contributed by atoms with Crippen molar-refractivity contribution in [2.24, 2.45) is 0 Å². The molecule has 3 atom stereocenters. The van der Waals surface area contributed by atoms with Crippen molar-refractivity contribution in [3.8, 4) is 0 Å². The predicted octanol–water partition coefficient (Wildman–Crippen LogP) is 11.7. The molecule has 0 aromatic rings. The molecule has 12 heteroatoms. The van der Waals surface area contributed by atoms with Gasteiger partial charge in [0.2, 0.25) is 5.91 Å². The second-order valence-electron chi connectivity index (χ2n) is 15.6. The van der Waals surface area contributed by atoms with Crippen LogP contribution in [-0.4, -0.2) is 64.9 Å². The molecular formula is C44H84NO10P. The van der Waals surface area contributed by atoms with Crippen molar-refractivity contribution in [1.82, 2.24) is 5.32 Å². The van der Waals surface area contributed by atoms with Gasteiger partial charge < -0.3 is 25.2 Å². The Bertz CT molecular complexity index is 1010. The number of aliphatic hydroxyl groups is 1. The molecule has 0 aromatic heterocycles. The van der Waals surface area contributed by atoms with E-state index in [9.17, 15) is 34.1 Å². The third-order valence-corrected chi connectivity index (χ3v) is 11.0. The molecule has 0 aliphatic rings. The first kappa shape index (κ1) is 54.2. The van der Waals surface area contributed by atoms with Crippen molar-refractivity contribution in [1.29, 1.82) is 0 Å². The number of rotatable bonds is 43. The van der Waals surface area contributed by atoms with E-state index in [4.69, 9.17) is 13.8 Å². The lowest BCUT2D eigenvalue weighted by Gasteiger charge is -2.18. The summed E-state index contributed by atoms with van der Waals surface area (Å²) in [7, 11) is -4.75. The fourth-order valence-corrected chi connectivity index (χ4v) is 7.26. The molecule has 0 aromatic carbocycles. The monoisotopic (exact) mass is 818 g/mol. The van der Waals surface area contributed by atoms with Gasteiger partial charge in [-0.25, -0.2) is 9.36 Å². The van der Waals surface area contributed by atoms with E-state index in [1.165, 1.54) is 122 Å². The van der Waals surface area contributed by atoms with E-state index in [-0.39, 0.29) is 12.8 Å². The van der Waals surface area contributed by atoms with Gasteiger partial charge in [0.1, 0.15) is 12.7 Å². The molecule has 0 bridgehead atoms. The van der Waals surface area contributed by atoms with E-state index in [1.807, 2.05) is 0 Å². The van der Waals surface area contributed by atoms with Crippen LogP contribution in [0.5, 0.6) is 0 Å². The lowest BCUT2D eigenvalue weighted by atomic mass is 10.0. The highest BCUT2D eigenvalue weighted by Crippen LogP contribution is 2.43. The van der Waals surface area contributed by atoms with Crippen LogP contribution in [0.2, 0.25) is 0 Å². The Balaban J connectivity index is 3.84. The number of hydrogen-bond acceptors (Lipinski definition) is 8. The number of ether oxygens (including phenoxy) is 1. The zero-order valence-electron chi connectivity index (χ0n) is 35.7. The zero-order chi connectivity index (χ0) is 41.4. The molecule has 0 saturated carbocycles. The van der Waals surface area contributed by atoms with Gasteiger partial charge in [-0.05, 0) is 38.5 Å². The van der Waals surface area contributed by atoms with Crippen LogP contribution in [0.1, 0.15) is 219 Å². The van der Waals surface area contributed by atoms with E-state index >= 15 is 0 Å². The van der Waals surface area contributed by atoms with Gasteiger partial charge in [-0.2, -0.15) is 0 Å². The number of aliphatic hydroxyl groups excluding tert-OH is 1. The Morgan fingerprint density at radius 2 is 0.929 bits per heavy atom. The minimum absolute atomic E-state index is 0.138. The van der Waals surface area contributed by atoms with E-state index in [2.05, 4.69) is 31.3 Å². The normalized spacial score (nSPS) is 13.8. The van der Waals surface area contributed by atoms with Crippen molar-refractivity contribution < 1.29 is 47.8 Å². The summed E-state index contributed by atoms with van der Waals surface area (Å²) in [4.78, 5) is 45.9. The molecular weight excluding hydrogens is 733 g/mol. The number of nitrogens with one attached hydrogen (secondary N) is 1. The molecule has 0 saturated heterocycles. The molecule has 3 unspecified atom stereocenters. The van der Waals surface area contributed by atoms with Crippen LogP contribution in [0, 0.1) is 0 Å². The van der Waals surface area contributed by atoms with Gasteiger partial charge in [-0.1, -0.05) is 180 Å². The molecule has 0 fully saturated rings. The van der Waals surface area contributed by atoms with Crippen LogP contribution < -0.4 is 5.32 Å². The van der Waals surface area contributed by atoms with Crippen LogP contribution >= 0.6 is 7.82 Å². The number of amides is 1. The first-order valence-electron chi connectivity index (χ1n) is 22.7. The van der Waals surface area contributed by atoms with Gasteiger partial charge in [0.05, 0.1) is 13.2 Å². The van der Waals surface area contributed by atoms with Gasteiger partial charge in [0, 0.05) is 12.8 Å². The largest absolute Gasteiger partial charge is 0.480 e. The third-order valence-electron chi connectivity index (χ3n) is 10.1. The Labute approximate surface area is 341 Å². The smallest absolute Gasteiger partial charge is 0.472 e. The number of esters is 1. The highest BCUT2D eigenvalue weighted by Gasteiger charge is 2.28. The minimum Gasteiger partial charge on any atom is -0.480 e. The summed E-state index contributed by atoms with van der Waals surface area (Å²) in [6.07, 6.45) is 39.5. The zero-order valence-corrected chi connectivity index (χ0v) is 36.6. The molecule has 330 valence electrons. The average Bonchev–Trinajstić information content (AvgIpc) is 3.17. The van der Waals surface area contributed by atoms with Crippen molar-refractivity contribution in [2.45, 2.75) is 231 Å². The average molecular weight is 818 g/mol. The number of carbonyl (C=O) groups is 3. The summed E-state index contributed by atoms with van der Waals surface area (Å²) in [5.41, 5.74) is 0. The lowest BCUT2D eigenvalue weighted by molar-refractivity contribution is -0.147. The summed E-state index contributed by atoms with van der Waals surface area (Å²) in [5.74, 6) is -2.37. The standard InChI is InChI=1S/C44H84NO10P/c1-3-5-7-9-11-13-15-17-18-19-20-21-22-24-26-28-30-32-34-36-43(48)53-37-40(46)38-54-56(51,52)55-39-41(44(49)50)45-42(47)35-33-31-29-27-25-23-16-14-12-10-8-6-4-2/h14,16,40-41,46H,3-13,15,17-39H2,1-2H3,(H,45,47)(H,49,50)(H,51,52)/b16-14-. The Hall–Kier alpha value is -1.78. The molecule has 4 N–H and O–H groups in total. The summed E-state index contributed by atoms with van der Waals surface area (Å²) < 4.78 is 26.8. The van der Waals surface area contributed by atoms with E-state index in [1.54, 1.807) is 0 Å². The topological polar surface area (TPSA) is 169 Å². The number of phosphoric acid groups is 1. The molecule has 11 nitrogen and oxygen atoms in total. The maximum Gasteiger partial charge on any atom is 0.472 e. The summed E-state index contributed by atoms with van der Waals surface area (Å²) in [5, 5.41) is 21.8. The molecule has 1 amide bonds. The van der Waals surface area contributed by atoms with E-state index in [0.717, 1.165) is 57.8 Å². The predicted molar refractivity (Wildman–Crippen MR) is 226 cm³/mol. The Morgan fingerprint density at radius 1 is 0.554 bits per heavy atom. The number of unbranched alkanes of at least 4 members (excludes halogenated alkanes) is 27. The van der Waals surface area contributed by atoms with Crippen molar-refractivity contribution in [3.63, 3.8) is 0 Å². The number of aliphatic carboxylic acids is 1. The highest BCUT2D eigenvalue weighted by molar-refractivity contribution is 7.47. The molecule has 56 heavy (non-hydrogen) atoms. The van der Waals surface area contributed by atoms with E-state index in [0.29, 0.717) is 12.8 Å². The first-order chi connectivity index (χ1) is 27.1. The Morgan fingerprint density at radius 3 is 1.38 bits per heavy atom. The quantitative estimate of drug-likeness (QED) is 0.0201. The third kappa shape index (κ3) is 39.1. The molecule has 0 heterocycles. The van der Waals surface area contributed by atoms with Crippen LogP contribution in [0.4, 0.5) is 0 Å². The highest BCUT2D eigenvalue weighted by atomic mass is 31.2. The summed E-state index contributed by atoms with van der Waals surface area (Å²) >= 11 is 0. The first-order valence-corrected chi connectivity index (χ1v) is 24.2. The number of carboxylic acids is 1. The van der Waals surface area contributed by atoms with Crippen LogP contribution in [0.3, 0.4) is 0 Å². The molecule has 0 aliphatic carbocycles. The maximum atomic E-state index is 12.3. The van der Waals surface area contributed by atoms with Gasteiger partial charge in [0.25, 0.3) is 0 Å². The minimum atomic E-state index is -4.75. The maximum absolute atomic E-state index is 12.3. The van der Waals surface area contributed by atoms with E-state index < -0.39 is 57.6 Å². The number of allylic oxidation sites excluding steroid dienone is 2. The van der Waals surface area contributed by atoms with Gasteiger partial charge in [-0.3, -0.25) is 18.6 Å². The van der Waals surface area contributed by atoms with Crippen molar-refractivity contribution in [2.75, 3.05) is 19.8 Å².